The van der Waals surface area contributed by atoms with Gasteiger partial charge in [0.2, 0.25) is 5.88 Å². The van der Waals surface area contributed by atoms with Crippen LogP contribution in [-0.4, -0.2) is 36.6 Å². The lowest BCUT2D eigenvalue weighted by atomic mass is 10.1. The van der Waals surface area contributed by atoms with Crippen LogP contribution in [0.5, 0.6) is 5.88 Å². The van der Waals surface area contributed by atoms with E-state index in [1.807, 2.05) is 24.3 Å². The third-order valence-corrected chi connectivity index (χ3v) is 7.43. The zero-order chi connectivity index (χ0) is 27.6. The number of hydrogen-bond donors (Lipinski definition) is 0. The fraction of sp³-hybridized carbons (Fsp3) is 0.276. The molecule has 4 heterocycles. The Morgan fingerprint density at radius 3 is 2.50 bits per heavy atom. The lowest BCUT2D eigenvalue weighted by Gasteiger charge is -2.20. The van der Waals surface area contributed by atoms with Gasteiger partial charge in [-0.2, -0.15) is 13.2 Å². The Morgan fingerprint density at radius 2 is 1.80 bits per heavy atom. The van der Waals surface area contributed by atoms with Crippen molar-refractivity contribution in [2.45, 2.75) is 38.0 Å². The number of anilines is 1. The molecule has 0 bridgehead atoms. The second-order valence-corrected chi connectivity index (χ2v) is 10.2. The molecule has 0 amide bonds. The zero-order valence-electron chi connectivity index (χ0n) is 21.8. The van der Waals surface area contributed by atoms with Crippen LogP contribution in [0.2, 0.25) is 0 Å². The first-order valence-corrected chi connectivity index (χ1v) is 12.9. The van der Waals surface area contributed by atoms with Crippen molar-refractivity contribution >= 4 is 16.7 Å². The number of methoxy groups -OCH3 is 1. The highest BCUT2D eigenvalue weighted by molar-refractivity contribution is 5.97. The van der Waals surface area contributed by atoms with E-state index in [1.165, 1.54) is 10.9 Å². The van der Waals surface area contributed by atoms with Gasteiger partial charge in [0.15, 0.2) is 11.5 Å². The maximum Gasteiger partial charge on any atom is 0.434 e. The van der Waals surface area contributed by atoms with Crippen LogP contribution in [0.1, 0.15) is 41.3 Å². The minimum absolute atomic E-state index is 0.264. The molecule has 1 aliphatic heterocycles. The molecule has 40 heavy (non-hydrogen) atoms. The predicted octanol–water partition coefficient (Wildman–Crippen LogP) is 5.91. The quantitative estimate of drug-likeness (QED) is 0.263. The first-order chi connectivity index (χ1) is 19.3. The van der Waals surface area contributed by atoms with Gasteiger partial charge in [0.25, 0.3) is 0 Å². The number of halogens is 3. The molecule has 1 aliphatic carbocycles. The standard InChI is InChI=1S/C29H24F3N7O/c1-38-14-21(29(30,31)32)36-26(38)18-8-6-16(7-9-18)12-39-13-19-4-3-5-20-22(19)27(39)37-25(35-20)23-24(17-10-11-17)33-15-34-28(23)40-2/h3-9,14-15,17H,10-13H2,1-2H3. The molecule has 0 N–H and O–H groups in total. The average Bonchev–Trinajstić information content (AvgIpc) is 3.63. The first kappa shape index (κ1) is 24.5. The number of nitrogens with zero attached hydrogens (tertiary/aromatic N) is 7. The number of aryl methyl sites for hydroxylation is 1. The Kier molecular flexibility index (Phi) is 5.51. The van der Waals surface area contributed by atoms with E-state index in [9.17, 15) is 13.2 Å². The van der Waals surface area contributed by atoms with Crippen molar-refractivity contribution in [3.63, 3.8) is 0 Å². The van der Waals surface area contributed by atoms with Crippen molar-refractivity contribution in [3.8, 4) is 28.7 Å². The van der Waals surface area contributed by atoms with Crippen molar-refractivity contribution in [1.29, 1.82) is 0 Å². The third kappa shape index (κ3) is 4.12. The molecule has 2 aromatic carbocycles. The van der Waals surface area contributed by atoms with Crippen LogP contribution in [0.25, 0.3) is 33.7 Å². The monoisotopic (exact) mass is 543 g/mol. The van der Waals surface area contributed by atoms with Gasteiger partial charge in [-0.15, -0.1) is 0 Å². The third-order valence-electron chi connectivity index (χ3n) is 7.43. The van der Waals surface area contributed by atoms with Crippen molar-refractivity contribution in [1.82, 2.24) is 29.5 Å². The molecule has 11 heteroatoms. The Balaban J connectivity index is 1.24. The molecule has 1 fully saturated rings. The first-order valence-electron chi connectivity index (χ1n) is 12.9. The fourth-order valence-electron chi connectivity index (χ4n) is 5.38. The van der Waals surface area contributed by atoms with Gasteiger partial charge in [0.05, 0.1) is 18.3 Å². The van der Waals surface area contributed by atoms with Crippen LogP contribution in [0.15, 0.2) is 55.0 Å². The summed E-state index contributed by atoms with van der Waals surface area (Å²) in [6.45, 7) is 1.23. The van der Waals surface area contributed by atoms with E-state index in [0.29, 0.717) is 36.3 Å². The van der Waals surface area contributed by atoms with Gasteiger partial charge in [0.1, 0.15) is 23.5 Å². The molecule has 0 spiro atoms. The second kappa shape index (κ2) is 9.00. The van der Waals surface area contributed by atoms with E-state index in [2.05, 4.69) is 25.9 Å². The molecule has 0 unspecified atom stereocenters. The Bertz CT molecular complexity index is 1760. The van der Waals surface area contributed by atoms with E-state index in [0.717, 1.165) is 58.1 Å². The highest BCUT2D eigenvalue weighted by atomic mass is 19.4. The van der Waals surface area contributed by atoms with Crippen LogP contribution in [0.4, 0.5) is 19.0 Å². The summed E-state index contributed by atoms with van der Waals surface area (Å²) in [6.07, 6.45) is 0.173. The lowest BCUT2D eigenvalue weighted by Crippen LogP contribution is -2.19. The van der Waals surface area contributed by atoms with E-state index in [4.69, 9.17) is 14.7 Å². The SMILES string of the molecule is COc1ncnc(C2CC2)c1-c1nc2c3c(cccc3n1)CN2Cc1ccc(-c2nc(C(F)(F)F)cn2C)cc1. The highest BCUT2D eigenvalue weighted by Gasteiger charge is 2.35. The molecule has 0 saturated heterocycles. The lowest BCUT2D eigenvalue weighted by molar-refractivity contribution is -0.140. The summed E-state index contributed by atoms with van der Waals surface area (Å²) < 4.78 is 46.4. The zero-order valence-corrected chi connectivity index (χ0v) is 21.8. The van der Waals surface area contributed by atoms with Crippen molar-refractivity contribution in [2.75, 3.05) is 12.0 Å². The Labute approximate surface area is 227 Å². The molecule has 0 atom stereocenters. The molecule has 3 aromatic heterocycles. The van der Waals surface area contributed by atoms with Crippen LogP contribution < -0.4 is 9.64 Å². The number of imidazole rings is 1. The molecule has 1 saturated carbocycles. The van der Waals surface area contributed by atoms with Gasteiger partial charge in [-0.05, 0) is 30.0 Å². The fourth-order valence-corrected chi connectivity index (χ4v) is 5.38. The van der Waals surface area contributed by atoms with Gasteiger partial charge < -0.3 is 14.2 Å². The number of ether oxygens (including phenoxy) is 1. The van der Waals surface area contributed by atoms with Crippen LogP contribution in [0.3, 0.4) is 0 Å². The highest BCUT2D eigenvalue weighted by Crippen LogP contribution is 2.46. The number of hydrogen-bond acceptors (Lipinski definition) is 7. The maximum atomic E-state index is 13.1. The van der Waals surface area contributed by atoms with E-state index in [1.54, 1.807) is 26.3 Å². The minimum atomic E-state index is -4.49. The molecule has 0 radical (unpaired) electrons. The van der Waals surface area contributed by atoms with Gasteiger partial charge in [-0.3, -0.25) is 0 Å². The van der Waals surface area contributed by atoms with E-state index in [-0.39, 0.29) is 5.82 Å². The number of aromatic nitrogens is 6. The molecule has 5 aromatic rings. The summed E-state index contributed by atoms with van der Waals surface area (Å²) >= 11 is 0. The van der Waals surface area contributed by atoms with Crippen LogP contribution >= 0.6 is 0 Å². The second-order valence-electron chi connectivity index (χ2n) is 10.2. The minimum Gasteiger partial charge on any atom is -0.480 e. The molecular weight excluding hydrogens is 519 g/mol. The summed E-state index contributed by atoms with van der Waals surface area (Å²) in [4.78, 5) is 24.8. The maximum absolute atomic E-state index is 13.1. The number of benzene rings is 2. The van der Waals surface area contributed by atoms with Gasteiger partial charge in [-0.25, -0.2) is 24.9 Å². The number of rotatable bonds is 6. The van der Waals surface area contributed by atoms with Gasteiger partial charge >= 0.3 is 6.18 Å². The largest absolute Gasteiger partial charge is 0.480 e. The van der Waals surface area contributed by atoms with Crippen LogP contribution in [0, 0.1) is 0 Å². The Hall–Kier alpha value is -4.54. The smallest absolute Gasteiger partial charge is 0.434 e. The van der Waals surface area contributed by atoms with Crippen molar-refractivity contribution in [2.24, 2.45) is 7.05 Å². The Morgan fingerprint density at radius 1 is 1.00 bits per heavy atom. The molecule has 7 rings (SSSR count). The predicted molar refractivity (Wildman–Crippen MR) is 143 cm³/mol. The molecular formula is C29H24F3N7O. The summed E-state index contributed by atoms with van der Waals surface area (Å²) in [5.74, 6) is 2.44. The summed E-state index contributed by atoms with van der Waals surface area (Å²) in [6, 6.07) is 13.5. The normalized spacial score (nSPS) is 14.8. The van der Waals surface area contributed by atoms with Crippen molar-refractivity contribution < 1.29 is 17.9 Å². The topological polar surface area (TPSA) is 81.8 Å². The summed E-state index contributed by atoms with van der Waals surface area (Å²) in [5.41, 5.74) is 4.34. The van der Waals surface area contributed by atoms with E-state index < -0.39 is 11.9 Å². The molecule has 8 nitrogen and oxygen atoms in total. The van der Waals surface area contributed by atoms with Gasteiger partial charge in [0, 0.05) is 43.2 Å². The molecule has 202 valence electrons. The van der Waals surface area contributed by atoms with Crippen LogP contribution in [-0.2, 0) is 26.3 Å². The van der Waals surface area contributed by atoms with Gasteiger partial charge in [-0.1, -0.05) is 36.4 Å². The number of alkyl halides is 3. The average molecular weight is 544 g/mol. The van der Waals surface area contributed by atoms with E-state index >= 15 is 0 Å². The molecule has 2 aliphatic rings. The van der Waals surface area contributed by atoms with Crippen molar-refractivity contribution in [3.05, 3.63) is 77.5 Å². The summed E-state index contributed by atoms with van der Waals surface area (Å²) in [7, 11) is 3.15. The summed E-state index contributed by atoms with van der Waals surface area (Å²) in [5, 5.41) is 1.01.